The summed E-state index contributed by atoms with van der Waals surface area (Å²) in [4.78, 5) is 0. The van der Waals surface area contributed by atoms with Gasteiger partial charge in [0.2, 0.25) is 0 Å². The second-order valence-electron chi connectivity index (χ2n) is 3.03. The van der Waals surface area contributed by atoms with Gasteiger partial charge in [0.1, 0.15) is 5.82 Å². The number of ether oxygens (including phenoxy) is 1. The van der Waals surface area contributed by atoms with Crippen molar-refractivity contribution in [3.63, 3.8) is 0 Å². The van der Waals surface area contributed by atoms with Crippen molar-refractivity contribution in [2.75, 3.05) is 13.7 Å². The van der Waals surface area contributed by atoms with Crippen molar-refractivity contribution in [2.45, 2.75) is 12.8 Å². The summed E-state index contributed by atoms with van der Waals surface area (Å²) in [5, 5.41) is 18.2. The molecular formula is C10H12BrFO3. The summed E-state index contributed by atoms with van der Waals surface area (Å²) in [6.07, 6.45) is 0.738. The van der Waals surface area contributed by atoms with Gasteiger partial charge in [-0.2, -0.15) is 0 Å². The van der Waals surface area contributed by atoms with Crippen molar-refractivity contribution in [3.05, 3.63) is 21.9 Å². The predicted molar refractivity (Wildman–Crippen MR) is 57.7 cm³/mol. The van der Waals surface area contributed by atoms with E-state index in [9.17, 15) is 9.50 Å². The molecule has 0 fully saturated rings. The molecule has 84 valence electrons. The van der Waals surface area contributed by atoms with Gasteiger partial charge in [0, 0.05) is 18.2 Å². The number of aromatic hydroxyl groups is 1. The molecule has 0 spiro atoms. The first-order valence-corrected chi connectivity index (χ1v) is 5.25. The largest absolute Gasteiger partial charge is 0.504 e. The Morgan fingerprint density at radius 2 is 2.20 bits per heavy atom. The summed E-state index contributed by atoms with van der Waals surface area (Å²) in [6, 6.07) is 1.25. The van der Waals surface area contributed by atoms with E-state index in [2.05, 4.69) is 15.9 Å². The minimum Gasteiger partial charge on any atom is -0.504 e. The summed E-state index contributed by atoms with van der Waals surface area (Å²) >= 11 is 3.00. The highest BCUT2D eigenvalue weighted by Crippen LogP contribution is 2.37. The van der Waals surface area contributed by atoms with Crippen LogP contribution >= 0.6 is 15.9 Å². The topological polar surface area (TPSA) is 49.7 Å². The highest BCUT2D eigenvalue weighted by atomic mass is 79.9. The van der Waals surface area contributed by atoms with Gasteiger partial charge in [-0.25, -0.2) is 4.39 Å². The van der Waals surface area contributed by atoms with Crippen LogP contribution in [0.15, 0.2) is 10.5 Å². The average Bonchev–Trinajstić information content (AvgIpc) is 2.21. The Hall–Kier alpha value is -0.810. The number of phenols is 1. The van der Waals surface area contributed by atoms with E-state index < -0.39 is 5.82 Å². The molecule has 1 aromatic rings. The molecule has 0 saturated heterocycles. The SMILES string of the molecule is COc1c(O)cc(Br)c(F)c1CCCO. The molecule has 0 saturated carbocycles. The van der Waals surface area contributed by atoms with Crippen molar-refractivity contribution in [2.24, 2.45) is 0 Å². The molecule has 0 amide bonds. The molecule has 0 aliphatic heterocycles. The van der Waals surface area contributed by atoms with Gasteiger partial charge in [-0.05, 0) is 28.8 Å². The number of hydrogen-bond donors (Lipinski definition) is 2. The van der Waals surface area contributed by atoms with Crippen molar-refractivity contribution in [3.8, 4) is 11.5 Å². The molecule has 5 heteroatoms. The first kappa shape index (κ1) is 12.3. The summed E-state index contributed by atoms with van der Waals surface area (Å²) in [6.45, 7) is -0.0319. The fraction of sp³-hybridized carbons (Fsp3) is 0.400. The smallest absolute Gasteiger partial charge is 0.166 e. The minimum atomic E-state index is -0.460. The van der Waals surface area contributed by atoms with E-state index >= 15 is 0 Å². The Labute approximate surface area is 95.6 Å². The van der Waals surface area contributed by atoms with E-state index in [0.29, 0.717) is 12.8 Å². The van der Waals surface area contributed by atoms with Crippen LogP contribution in [0.5, 0.6) is 11.5 Å². The van der Waals surface area contributed by atoms with Crippen LogP contribution in [0.4, 0.5) is 4.39 Å². The van der Waals surface area contributed by atoms with Gasteiger partial charge in [-0.15, -0.1) is 0 Å². The number of aliphatic hydroxyl groups is 1. The first-order valence-electron chi connectivity index (χ1n) is 4.46. The summed E-state index contributed by atoms with van der Waals surface area (Å²) in [5.74, 6) is -0.444. The Balaban J connectivity index is 3.18. The predicted octanol–water partition coefficient (Wildman–Crippen LogP) is 2.23. The van der Waals surface area contributed by atoms with Crippen LogP contribution in [0.1, 0.15) is 12.0 Å². The number of aliphatic hydroxyl groups excluding tert-OH is 1. The van der Waals surface area contributed by atoms with Crippen molar-refractivity contribution in [1.29, 1.82) is 0 Å². The molecule has 0 unspecified atom stereocenters. The Kier molecular flexibility index (Phi) is 4.35. The monoisotopic (exact) mass is 278 g/mol. The van der Waals surface area contributed by atoms with Gasteiger partial charge in [0.25, 0.3) is 0 Å². The lowest BCUT2D eigenvalue weighted by atomic mass is 10.1. The van der Waals surface area contributed by atoms with E-state index in [4.69, 9.17) is 9.84 Å². The Morgan fingerprint density at radius 3 is 2.73 bits per heavy atom. The van der Waals surface area contributed by atoms with Crippen molar-refractivity contribution in [1.82, 2.24) is 0 Å². The molecule has 0 atom stereocenters. The second kappa shape index (κ2) is 5.32. The van der Waals surface area contributed by atoms with Crippen LogP contribution in [0.3, 0.4) is 0 Å². The van der Waals surface area contributed by atoms with Gasteiger partial charge in [-0.1, -0.05) is 0 Å². The third-order valence-corrected chi connectivity index (χ3v) is 2.61. The van der Waals surface area contributed by atoms with Gasteiger partial charge < -0.3 is 14.9 Å². The number of hydrogen-bond acceptors (Lipinski definition) is 3. The number of halogens is 2. The number of phenolic OH excluding ortho intramolecular Hbond substituents is 1. The third-order valence-electron chi connectivity index (χ3n) is 2.03. The normalized spacial score (nSPS) is 10.4. The maximum absolute atomic E-state index is 13.6. The summed E-state index contributed by atoms with van der Waals surface area (Å²) in [7, 11) is 1.37. The van der Waals surface area contributed by atoms with E-state index in [1.807, 2.05) is 0 Å². The number of benzene rings is 1. The van der Waals surface area contributed by atoms with Crippen LogP contribution in [0.25, 0.3) is 0 Å². The zero-order valence-corrected chi connectivity index (χ0v) is 9.84. The van der Waals surface area contributed by atoms with E-state index in [-0.39, 0.29) is 28.1 Å². The summed E-state index contributed by atoms with van der Waals surface area (Å²) in [5.41, 5.74) is 0.276. The van der Waals surface area contributed by atoms with Gasteiger partial charge >= 0.3 is 0 Å². The zero-order chi connectivity index (χ0) is 11.4. The molecule has 1 aromatic carbocycles. The first-order chi connectivity index (χ1) is 7.11. The Bertz CT molecular complexity index is 355. The number of rotatable bonds is 4. The second-order valence-corrected chi connectivity index (χ2v) is 3.88. The van der Waals surface area contributed by atoms with Gasteiger partial charge in [-0.3, -0.25) is 0 Å². The molecule has 0 aliphatic carbocycles. The molecule has 0 heterocycles. The maximum atomic E-state index is 13.6. The van der Waals surface area contributed by atoms with Crippen molar-refractivity contribution >= 4 is 15.9 Å². The lowest BCUT2D eigenvalue weighted by molar-refractivity contribution is 0.286. The van der Waals surface area contributed by atoms with E-state index in [1.54, 1.807) is 0 Å². The molecule has 1 rings (SSSR count). The van der Waals surface area contributed by atoms with Gasteiger partial charge in [0.15, 0.2) is 11.5 Å². The molecular weight excluding hydrogens is 267 g/mol. The maximum Gasteiger partial charge on any atom is 0.166 e. The van der Waals surface area contributed by atoms with Crippen LogP contribution in [0.2, 0.25) is 0 Å². The van der Waals surface area contributed by atoms with Crippen LogP contribution in [-0.4, -0.2) is 23.9 Å². The third kappa shape index (κ3) is 2.60. The van der Waals surface area contributed by atoms with Gasteiger partial charge in [0.05, 0.1) is 11.6 Å². The molecule has 0 bridgehead atoms. The average molecular weight is 279 g/mol. The summed E-state index contributed by atoms with van der Waals surface area (Å²) < 4.78 is 18.7. The molecule has 3 nitrogen and oxygen atoms in total. The van der Waals surface area contributed by atoms with Crippen molar-refractivity contribution < 1.29 is 19.3 Å². The molecule has 0 aromatic heterocycles. The minimum absolute atomic E-state index is 0.0319. The lowest BCUT2D eigenvalue weighted by Crippen LogP contribution is -1.99. The van der Waals surface area contributed by atoms with Crippen LogP contribution < -0.4 is 4.74 Å². The fourth-order valence-corrected chi connectivity index (χ4v) is 1.81. The highest BCUT2D eigenvalue weighted by Gasteiger charge is 2.17. The standard InChI is InChI=1S/C10H12BrFO3/c1-15-10-6(3-2-4-13)9(12)7(11)5-8(10)14/h5,13-14H,2-4H2,1H3. The number of methoxy groups -OCH3 is 1. The zero-order valence-electron chi connectivity index (χ0n) is 8.26. The molecule has 0 aliphatic rings. The fourth-order valence-electron chi connectivity index (χ4n) is 1.35. The molecule has 2 N–H and O–H groups in total. The Morgan fingerprint density at radius 1 is 1.53 bits per heavy atom. The van der Waals surface area contributed by atoms with E-state index in [1.165, 1.54) is 13.2 Å². The highest BCUT2D eigenvalue weighted by molar-refractivity contribution is 9.10. The lowest BCUT2D eigenvalue weighted by Gasteiger charge is -2.12. The van der Waals surface area contributed by atoms with Crippen LogP contribution in [0, 0.1) is 5.82 Å². The van der Waals surface area contributed by atoms with E-state index in [0.717, 1.165) is 0 Å². The quantitative estimate of drug-likeness (QED) is 0.888. The van der Waals surface area contributed by atoms with Crippen LogP contribution in [-0.2, 0) is 6.42 Å². The molecule has 15 heavy (non-hydrogen) atoms. The molecule has 0 radical (unpaired) electrons.